The van der Waals surface area contributed by atoms with Crippen molar-refractivity contribution >= 4 is 45.7 Å². The van der Waals surface area contributed by atoms with Crippen molar-refractivity contribution in [1.82, 2.24) is 0 Å². The maximum absolute atomic E-state index is 10.6. The normalized spacial score (nSPS) is 10.2. The van der Waals surface area contributed by atoms with E-state index in [1.165, 1.54) is 0 Å². The molecule has 0 aliphatic carbocycles. The molecule has 0 radical (unpaired) electrons. The maximum atomic E-state index is 10.6. The average Bonchev–Trinajstić information content (AvgIpc) is 2.28. The van der Waals surface area contributed by atoms with Gasteiger partial charge >= 0.3 is 0 Å². The summed E-state index contributed by atoms with van der Waals surface area (Å²) in [5, 5.41) is 13.9. The monoisotopic (exact) mass is 366 g/mol. The molecule has 0 bridgehead atoms. The molecule has 0 atom stereocenters. The Morgan fingerprint density at radius 3 is 2.88 bits per heavy atom. The van der Waals surface area contributed by atoms with Crippen molar-refractivity contribution in [1.29, 1.82) is 0 Å². The summed E-state index contributed by atoms with van der Waals surface area (Å²) in [4.78, 5) is 10.3. The van der Waals surface area contributed by atoms with Gasteiger partial charge in [-0.25, -0.2) is 0 Å². The Labute approximate surface area is 119 Å². The first kappa shape index (κ1) is 14.6. The van der Waals surface area contributed by atoms with Crippen LogP contribution in [-0.2, 0) is 0 Å². The van der Waals surface area contributed by atoms with Gasteiger partial charge in [0.1, 0.15) is 0 Å². The highest BCUT2D eigenvalue weighted by Crippen LogP contribution is 2.24. The predicted molar refractivity (Wildman–Crippen MR) is 81.9 cm³/mol. The zero-order valence-electron chi connectivity index (χ0n) is 9.61. The Hall–Kier alpha value is -0.500. The zero-order chi connectivity index (χ0) is 12.7. The molecule has 0 saturated heterocycles. The van der Waals surface area contributed by atoms with Gasteiger partial charge in [0.25, 0.3) is 5.69 Å². The average molecular weight is 366 g/mol. The summed E-state index contributed by atoms with van der Waals surface area (Å²) >= 11 is 3.91. The minimum Gasteiger partial charge on any atom is -0.385 e. The largest absolute Gasteiger partial charge is 0.385 e. The molecule has 1 rings (SSSR count). The Morgan fingerprint density at radius 2 is 2.29 bits per heavy atom. The predicted octanol–water partition coefficient (Wildman–Crippen LogP) is 3.75. The Kier molecular flexibility index (Phi) is 6.64. The number of nitrogens with one attached hydrogen (secondary N) is 1. The van der Waals surface area contributed by atoms with Crippen LogP contribution < -0.4 is 5.32 Å². The zero-order valence-corrected chi connectivity index (χ0v) is 12.6. The molecule has 0 unspecified atom stereocenters. The van der Waals surface area contributed by atoms with Crippen LogP contribution in [0.5, 0.6) is 0 Å². The molecular formula is C11H15IN2O2S. The van der Waals surface area contributed by atoms with Gasteiger partial charge in [0.05, 0.1) is 8.49 Å². The lowest BCUT2D eigenvalue weighted by atomic mass is 10.3. The first-order valence-corrected chi connectivity index (χ1v) is 7.64. The van der Waals surface area contributed by atoms with Gasteiger partial charge in [0.15, 0.2) is 0 Å². The lowest BCUT2D eigenvalue weighted by Crippen LogP contribution is -2.03. The van der Waals surface area contributed by atoms with Crippen molar-refractivity contribution in [2.75, 3.05) is 23.4 Å². The number of rotatable bonds is 7. The smallest absolute Gasteiger partial charge is 0.282 e. The van der Waals surface area contributed by atoms with E-state index in [0.29, 0.717) is 3.57 Å². The SMILES string of the molecule is CCSCCCNc1ccc([N+](=O)[O-])c(I)c1. The van der Waals surface area contributed by atoms with E-state index in [2.05, 4.69) is 12.2 Å². The first-order chi connectivity index (χ1) is 8.15. The van der Waals surface area contributed by atoms with Crippen LogP contribution in [0.3, 0.4) is 0 Å². The topological polar surface area (TPSA) is 55.2 Å². The fourth-order valence-corrected chi connectivity index (χ4v) is 2.67. The Morgan fingerprint density at radius 1 is 1.53 bits per heavy atom. The minimum atomic E-state index is -0.358. The number of nitro benzene ring substituents is 1. The summed E-state index contributed by atoms with van der Waals surface area (Å²) in [7, 11) is 0. The fraction of sp³-hybridized carbons (Fsp3) is 0.455. The van der Waals surface area contributed by atoms with E-state index in [1.54, 1.807) is 12.1 Å². The van der Waals surface area contributed by atoms with Crippen LogP contribution in [-0.4, -0.2) is 23.0 Å². The van der Waals surface area contributed by atoms with Crippen molar-refractivity contribution in [3.8, 4) is 0 Å². The highest BCUT2D eigenvalue weighted by molar-refractivity contribution is 14.1. The van der Waals surface area contributed by atoms with E-state index in [1.807, 2.05) is 40.4 Å². The fourth-order valence-electron chi connectivity index (χ4n) is 1.32. The lowest BCUT2D eigenvalue weighted by molar-refractivity contribution is -0.385. The molecular weight excluding hydrogens is 351 g/mol. The molecule has 0 amide bonds. The summed E-state index contributed by atoms with van der Waals surface area (Å²) < 4.78 is 0.667. The second-order valence-corrected chi connectivity index (χ2v) is 5.96. The number of halogens is 1. The van der Waals surface area contributed by atoms with E-state index < -0.39 is 0 Å². The van der Waals surface area contributed by atoms with Crippen molar-refractivity contribution < 1.29 is 4.92 Å². The van der Waals surface area contributed by atoms with Crippen molar-refractivity contribution in [2.24, 2.45) is 0 Å². The van der Waals surface area contributed by atoms with Gasteiger partial charge in [0, 0.05) is 18.3 Å². The van der Waals surface area contributed by atoms with Crippen LogP contribution in [0.4, 0.5) is 11.4 Å². The lowest BCUT2D eigenvalue weighted by Gasteiger charge is -2.06. The van der Waals surface area contributed by atoms with Gasteiger partial charge in [-0.05, 0) is 52.7 Å². The number of nitrogens with zero attached hydrogens (tertiary/aromatic N) is 1. The summed E-state index contributed by atoms with van der Waals surface area (Å²) in [5.74, 6) is 2.29. The third-order valence-corrected chi connectivity index (χ3v) is 3.99. The van der Waals surface area contributed by atoms with Crippen LogP contribution in [0.25, 0.3) is 0 Å². The first-order valence-electron chi connectivity index (χ1n) is 5.40. The van der Waals surface area contributed by atoms with E-state index in [0.717, 1.165) is 30.2 Å². The van der Waals surface area contributed by atoms with Crippen LogP contribution in [0.1, 0.15) is 13.3 Å². The number of thioether (sulfide) groups is 1. The molecule has 0 aliphatic rings. The minimum absolute atomic E-state index is 0.165. The number of benzene rings is 1. The van der Waals surface area contributed by atoms with E-state index in [-0.39, 0.29) is 10.6 Å². The van der Waals surface area contributed by atoms with Gasteiger partial charge in [-0.2, -0.15) is 11.8 Å². The van der Waals surface area contributed by atoms with Gasteiger partial charge in [-0.15, -0.1) is 0 Å². The third kappa shape index (κ3) is 5.12. The molecule has 0 fully saturated rings. The number of hydrogen-bond acceptors (Lipinski definition) is 4. The second kappa shape index (κ2) is 7.75. The quantitative estimate of drug-likeness (QED) is 0.346. The molecule has 0 saturated carbocycles. The van der Waals surface area contributed by atoms with Crippen LogP contribution >= 0.6 is 34.4 Å². The molecule has 1 N–H and O–H groups in total. The molecule has 17 heavy (non-hydrogen) atoms. The summed E-state index contributed by atoms with van der Waals surface area (Å²) in [6, 6.07) is 5.11. The number of hydrogen-bond donors (Lipinski definition) is 1. The molecule has 0 aromatic heterocycles. The van der Waals surface area contributed by atoms with Crippen LogP contribution in [0, 0.1) is 13.7 Å². The molecule has 0 spiro atoms. The van der Waals surface area contributed by atoms with Gasteiger partial charge < -0.3 is 5.32 Å². The highest BCUT2D eigenvalue weighted by Gasteiger charge is 2.10. The summed E-state index contributed by atoms with van der Waals surface area (Å²) in [6.45, 7) is 3.05. The van der Waals surface area contributed by atoms with Crippen LogP contribution in [0.15, 0.2) is 18.2 Å². The molecule has 4 nitrogen and oxygen atoms in total. The third-order valence-electron chi connectivity index (χ3n) is 2.14. The molecule has 94 valence electrons. The van der Waals surface area contributed by atoms with Gasteiger partial charge in [-0.3, -0.25) is 10.1 Å². The van der Waals surface area contributed by atoms with Crippen molar-refractivity contribution in [3.63, 3.8) is 0 Å². The van der Waals surface area contributed by atoms with Crippen molar-refractivity contribution in [3.05, 3.63) is 31.9 Å². The van der Waals surface area contributed by atoms with Crippen molar-refractivity contribution in [2.45, 2.75) is 13.3 Å². The van der Waals surface area contributed by atoms with E-state index in [4.69, 9.17) is 0 Å². The summed E-state index contributed by atoms with van der Waals surface area (Å²) in [6.07, 6.45) is 1.10. The standard InChI is InChI=1S/C11H15IN2O2S/c1-2-17-7-3-6-13-9-4-5-11(14(15)16)10(12)8-9/h4-5,8,13H,2-3,6-7H2,1H3. The van der Waals surface area contributed by atoms with Gasteiger partial charge in [-0.1, -0.05) is 6.92 Å². The Bertz CT molecular complexity index is 388. The maximum Gasteiger partial charge on any atom is 0.282 e. The second-order valence-electron chi connectivity index (χ2n) is 3.40. The van der Waals surface area contributed by atoms with E-state index >= 15 is 0 Å². The molecule has 1 aromatic carbocycles. The Balaban J connectivity index is 2.45. The van der Waals surface area contributed by atoms with Gasteiger partial charge in [0.2, 0.25) is 0 Å². The number of nitro groups is 1. The number of anilines is 1. The molecule has 0 aliphatic heterocycles. The highest BCUT2D eigenvalue weighted by atomic mass is 127. The van der Waals surface area contributed by atoms with Crippen LogP contribution in [0.2, 0.25) is 0 Å². The summed E-state index contributed by atoms with van der Waals surface area (Å²) in [5.41, 5.74) is 1.11. The van der Waals surface area contributed by atoms with E-state index in [9.17, 15) is 10.1 Å². The molecule has 0 heterocycles. The molecule has 1 aromatic rings. The molecule has 6 heteroatoms.